The fourth-order valence-electron chi connectivity index (χ4n) is 1.43. The normalized spacial score (nSPS) is 11.8. The number of carbonyl (C=O) groups excluding carboxylic acids is 1. The Balaban J connectivity index is 3.04. The lowest BCUT2D eigenvalue weighted by molar-refractivity contribution is -0.388. The number of hydrogen-bond acceptors (Lipinski definition) is 8. The summed E-state index contributed by atoms with van der Waals surface area (Å²) < 4.78 is 0. The first-order valence-electron chi connectivity index (χ1n) is 6.43. The molecule has 4 N–H and O–H groups in total. The smallest absolute Gasteiger partial charge is 0.394 e. The van der Waals surface area contributed by atoms with Crippen molar-refractivity contribution in [2.45, 2.75) is 25.9 Å². The van der Waals surface area contributed by atoms with E-state index < -0.39 is 29.4 Å². The van der Waals surface area contributed by atoms with Crippen LogP contribution in [0.15, 0.2) is 0 Å². The van der Waals surface area contributed by atoms with Crippen LogP contribution in [0.3, 0.4) is 0 Å². The van der Waals surface area contributed by atoms with Crippen LogP contribution in [0.4, 0.5) is 17.5 Å². The summed E-state index contributed by atoms with van der Waals surface area (Å²) in [5.41, 5.74) is 0. The van der Waals surface area contributed by atoms with Crippen molar-refractivity contribution in [3.8, 4) is 0 Å². The number of amides is 1. The van der Waals surface area contributed by atoms with Crippen LogP contribution in [0.1, 0.15) is 19.8 Å². The lowest BCUT2D eigenvalue weighted by atomic mass is 10.3. The number of halogens is 1. The van der Waals surface area contributed by atoms with Gasteiger partial charge < -0.3 is 31.0 Å². The van der Waals surface area contributed by atoms with E-state index in [0.29, 0.717) is 6.42 Å². The molecule has 11 heteroatoms. The molecule has 1 unspecified atom stereocenters. The van der Waals surface area contributed by atoms with E-state index in [4.69, 9.17) is 16.7 Å². The molecule has 0 spiro atoms. The molecule has 122 valence electrons. The number of aromatic nitrogens is 2. The van der Waals surface area contributed by atoms with Gasteiger partial charge in [-0.3, -0.25) is 4.79 Å². The first-order chi connectivity index (χ1) is 10.4. The molecule has 0 aromatic carbocycles. The van der Waals surface area contributed by atoms with Gasteiger partial charge in [-0.15, -0.1) is 0 Å². The topological polar surface area (TPSA) is 151 Å². The lowest BCUT2D eigenvalue weighted by Crippen LogP contribution is -2.24. The minimum Gasteiger partial charge on any atom is -0.394 e. The van der Waals surface area contributed by atoms with Crippen molar-refractivity contribution in [1.82, 2.24) is 9.97 Å². The molecule has 1 aromatic heterocycles. The van der Waals surface area contributed by atoms with Crippen LogP contribution in [0, 0.1) is 10.1 Å². The maximum Gasteiger partial charge on any atom is 0.408 e. The fourth-order valence-corrected chi connectivity index (χ4v) is 1.62. The van der Waals surface area contributed by atoms with Crippen LogP contribution in [0.2, 0.25) is 5.15 Å². The third kappa shape index (κ3) is 5.06. The Kier molecular flexibility index (Phi) is 6.89. The molecule has 1 atom stereocenters. The van der Waals surface area contributed by atoms with E-state index in [-0.39, 0.29) is 29.8 Å². The summed E-state index contributed by atoms with van der Waals surface area (Å²) in [5.74, 6) is -1.51. The third-order valence-corrected chi connectivity index (χ3v) is 2.72. The average molecular weight is 334 g/mol. The molecule has 1 heterocycles. The van der Waals surface area contributed by atoms with Crippen LogP contribution in [0.25, 0.3) is 0 Å². The number of rotatable bonds is 8. The second-order valence-corrected chi connectivity index (χ2v) is 4.67. The molecule has 22 heavy (non-hydrogen) atoms. The second-order valence-electron chi connectivity index (χ2n) is 4.31. The number of nitrogens with one attached hydrogen (secondary N) is 2. The monoisotopic (exact) mass is 333 g/mol. The second kappa shape index (κ2) is 8.41. The molecule has 0 aliphatic rings. The SMILES string of the molecule is CCCC(=O)Nc1nc(NCC(O)CO)c(Cl)nc1[N+](=O)[O-]. The predicted octanol–water partition coefficient (Wildman–Crippen LogP) is 0.542. The van der Waals surface area contributed by atoms with Gasteiger partial charge in [0, 0.05) is 13.0 Å². The van der Waals surface area contributed by atoms with E-state index in [9.17, 15) is 20.0 Å². The molecule has 0 saturated carbocycles. The summed E-state index contributed by atoms with van der Waals surface area (Å²) in [5, 5.41) is 33.5. The number of nitro groups is 1. The maximum atomic E-state index is 11.6. The van der Waals surface area contributed by atoms with Crippen LogP contribution < -0.4 is 10.6 Å². The number of carbonyl (C=O) groups is 1. The van der Waals surface area contributed by atoms with E-state index >= 15 is 0 Å². The fraction of sp³-hybridized carbons (Fsp3) is 0.545. The summed E-state index contributed by atoms with van der Waals surface area (Å²) in [4.78, 5) is 29.1. The molecule has 1 amide bonds. The number of aliphatic hydroxyl groups is 2. The number of aliphatic hydroxyl groups excluding tert-OH is 2. The van der Waals surface area contributed by atoms with Crippen LogP contribution in [0.5, 0.6) is 0 Å². The quantitative estimate of drug-likeness (QED) is 0.397. The summed E-state index contributed by atoms with van der Waals surface area (Å²) in [6.45, 7) is 1.21. The number of nitrogens with zero attached hydrogens (tertiary/aromatic N) is 3. The van der Waals surface area contributed by atoms with E-state index in [1.807, 2.05) is 0 Å². The van der Waals surface area contributed by atoms with Crippen molar-refractivity contribution in [1.29, 1.82) is 0 Å². The zero-order valence-corrected chi connectivity index (χ0v) is 12.5. The Morgan fingerprint density at radius 3 is 2.68 bits per heavy atom. The Morgan fingerprint density at radius 1 is 1.45 bits per heavy atom. The summed E-state index contributed by atoms with van der Waals surface area (Å²) in [6.07, 6.45) is -0.326. The third-order valence-electron chi connectivity index (χ3n) is 2.46. The Hall–Kier alpha value is -2.04. The Bertz CT molecular complexity index is 556. The first-order valence-corrected chi connectivity index (χ1v) is 6.81. The first kappa shape index (κ1) is 18.0. The van der Waals surface area contributed by atoms with Crippen LogP contribution in [-0.4, -0.2) is 50.3 Å². The van der Waals surface area contributed by atoms with Gasteiger partial charge >= 0.3 is 5.82 Å². The van der Waals surface area contributed by atoms with Gasteiger partial charge in [-0.25, -0.2) is 0 Å². The highest BCUT2D eigenvalue weighted by Crippen LogP contribution is 2.27. The van der Waals surface area contributed by atoms with E-state index in [0.717, 1.165) is 0 Å². The van der Waals surface area contributed by atoms with Gasteiger partial charge in [-0.2, -0.15) is 4.98 Å². The van der Waals surface area contributed by atoms with E-state index in [1.165, 1.54) is 0 Å². The molecule has 0 aliphatic heterocycles. The van der Waals surface area contributed by atoms with Crippen molar-refractivity contribution < 1.29 is 19.9 Å². The number of anilines is 2. The maximum absolute atomic E-state index is 11.6. The van der Waals surface area contributed by atoms with E-state index in [2.05, 4.69) is 20.6 Å². The van der Waals surface area contributed by atoms with Crippen molar-refractivity contribution >= 4 is 35.0 Å². The zero-order chi connectivity index (χ0) is 16.7. The molecule has 0 radical (unpaired) electrons. The molecule has 10 nitrogen and oxygen atoms in total. The molecule has 1 rings (SSSR count). The predicted molar refractivity (Wildman–Crippen MR) is 78.8 cm³/mol. The molecule has 1 aromatic rings. The highest BCUT2D eigenvalue weighted by molar-refractivity contribution is 6.31. The van der Waals surface area contributed by atoms with Gasteiger partial charge in [0.25, 0.3) is 5.15 Å². The molecule has 0 aliphatic carbocycles. The largest absolute Gasteiger partial charge is 0.408 e. The van der Waals surface area contributed by atoms with E-state index in [1.54, 1.807) is 6.92 Å². The van der Waals surface area contributed by atoms with Crippen LogP contribution >= 0.6 is 11.6 Å². The highest BCUT2D eigenvalue weighted by atomic mass is 35.5. The standard InChI is InChI=1S/C11H16ClN5O5/c1-2-3-7(20)14-10-11(17(21)22)15-8(12)9(16-10)13-4-6(19)5-18/h6,18-19H,2-5H2,1H3,(H2,13,14,16,20). The van der Waals surface area contributed by atoms with Crippen molar-refractivity contribution in [3.05, 3.63) is 15.3 Å². The van der Waals surface area contributed by atoms with Crippen molar-refractivity contribution in [3.63, 3.8) is 0 Å². The van der Waals surface area contributed by atoms with Gasteiger partial charge in [0.1, 0.15) is 0 Å². The summed E-state index contributed by atoms with van der Waals surface area (Å²) >= 11 is 5.77. The molecule has 0 fully saturated rings. The minimum atomic E-state index is -1.06. The number of hydrogen-bond donors (Lipinski definition) is 4. The minimum absolute atomic E-state index is 0.0495. The highest BCUT2D eigenvalue weighted by Gasteiger charge is 2.24. The molecule has 0 saturated heterocycles. The van der Waals surface area contributed by atoms with Gasteiger partial charge in [-0.05, 0) is 27.9 Å². The molecule has 0 bridgehead atoms. The van der Waals surface area contributed by atoms with Crippen molar-refractivity contribution in [2.75, 3.05) is 23.8 Å². The summed E-state index contributed by atoms with van der Waals surface area (Å²) in [6, 6.07) is 0. The van der Waals surface area contributed by atoms with Crippen LogP contribution in [-0.2, 0) is 4.79 Å². The van der Waals surface area contributed by atoms with Gasteiger partial charge in [-0.1, -0.05) is 6.92 Å². The zero-order valence-electron chi connectivity index (χ0n) is 11.7. The van der Waals surface area contributed by atoms with Crippen molar-refractivity contribution in [2.24, 2.45) is 0 Å². The summed E-state index contributed by atoms with van der Waals surface area (Å²) in [7, 11) is 0. The van der Waals surface area contributed by atoms with Gasteiger partial charge in [0.2, 0.25) is 11.7 Å². The molecular weight excluding hydrogens is 318 g/mol. The van der Waals surface area contributed by atoms with Gasteiger partial charge in [0.15, 0.2) is 5.82 Å². The Morgan fingerprint density at radius 2 is 2.14 bits per heavy atom. The Labute approximate surface area is 130 Å². The lowest BCUT2D eigenvalue weighted by Gasteiger charge is -2.11. The van der Waals surface area contributed by atoms with Gasteiger partial charge in [0.05, 0.1) is 12.7 Å². The molecular formula is C11H16ClN5O5. The average Bonchev–Trinajstić information content (AvgIpc) is 2.46.